The van der Waals surface area contributed by atoms with Crippen LogP contribution >= 0.6 is 0 Å². The van der Waals surface area contributed by atoms with E-state index < -0.39 is 29.2 Å². The Labute approximate surface area is 223 Å². The van der Waals surface area contributed by atoms with Crippen LogP contribution in [0, 0.1) is 0 Å². The number of aromatic nitrogens is 6. The summed E-state index contributed by atoms with van der Waals surface area (Å²) in [7, 11) is 0. The maximum atomic E-state index is 13.7. The summed E-state index contributed by atoms with van der Waals surface area (Å²) in [6, 6.07) is 5.09. The Kier molecular flexibility index (Phi) is 8.15. The van der Waals surface area contributed by atoms with Gasteiger partial charge in [0.2, 0.25) is 0 Å². The number of ether oxygens (including phenoxy) is 1. The molecule has 1 unspecified atom stereocenters. The van der Waals surface area contributed by atoms with E-state index in [1.165, 1.54) is 19.9 Å². The summed E-state index contributed by atoms with van der Waals surface area (Å²) in [6.45, 7) is 10.1. The van der Waals surface area contributed by atoms with Gasteiger partial charge in [-0.05, 0) is 51.3 Å². The summed E-state index contributed by atoms with van der Waals surface area (Å²) < 4.78 is 51.7. The van der Waals surface area contributed by atoms with Crippen molar-refractivity contribution in [3.63, 3.8) is 0 Å². The number of benzene rings is 1. The molecule has 0 amide bonds. The third-order valence-corrected chi connectivity index (χ3v) is 6.38. The van der Waals surface area contributed by atoms with Crippen molar-refractivity contribution in [3.8, 4) is 11.4 Å². The molecule has 0 aliphatic rings. The molecule has 0 aliphatic carbocycles. The van der Waals surface area contributed by atoms with Crippen LogP contribution in [0.1, 0.15) is 64.8 Å². The number of halogens is 3. The smallest absolute Gasteiger partial charge is 0.355 e. The molecule has 0 radical (unpaired) electrons. The van der Waals surface area contributed by atoms with Gasteiger partial charge in [-0.3, -0.25) is 23.2 Å². The van der Waals surface area contributed by atoms with Crippen LogP contribution in [0.5, 0.6) is 0 Å². The van der Waals surface area contributed by atoms with Crippen LogP contribution < -0.4 is 11.2 Å². The topological polar surface area (TPSA) is 88.9 Å². The largest absolute Gasteiger partial charge is 0.416 e. The summed E-state index contributed by atoms with van der Waals surface area (Å²) >= 11 is 0. The molecule has 3 aromatic heterocycles. The first-order chi connectivity index (χ1) is 18.5. The minimum absolute atomic E-state index is 0.104. The molecule has 4 rings (SSSR count). The normalized spacial score (nSPS) is 13.1. The lowest BCUT2D eigenvalue weighted by Crippen LogP contribution is -2.40. The Hall–Kier alpha value is -3.67. The molecule has 12 heteroatoms. The van der Waals surface area contributed by atoms with E-state index in [1.807, 2.05) is 34.6 Å². The lowest BCUT2D eigenvalue weighted by atomic mass is 10.1. The monoisotopic (exact) mass is 546 g/mol. The van der Waals surface area contributed by atoms with E-state index in [0.717, 1.165) is 12.1 Å². The third-order valence-electron chi connectivity index (χ3n) is 6.38. The van der Waals surface area contributed by atoms with Crippen LogP contribution in [0.2, 0.25) is 0 Å². The summed E-state index contributed by atoms with van der Waals surface area (Å²) in [5.41, 5.74) is -0.102. The zero-order chi connectivity index (χ0) is 28.5. The van der Waals surface area contributed by atoms with E-state index in [2.05, 4.69) is 5.10 Å². The highest BCUT2D eigenvalue weighted by molar-refractivity contribution is 5.77. The van der Waals surface area contributed by atoms with Crippen molar-refractivity contribution >= 4 is 11.2 Å². The second kappa shape index (κ2) is 11.2. The highest BCUT2D eigenvalue weighted by Crippen LogP contribution is 2.31. The Morgan fingerprint density at radius 3 is 2.44 bits per heavy atom. The van der Waals surface area contributed by atoms with Gasteiger partial charge in [0, 0.05) is 19.3 Å². The average molecular weight is 547 g/mol. The summed E-state index contributed by atoms with van der Waals surface area (Å²) in [4.78, 5) is 31.6. The molecule has 0 N–H and O–H groups in total. The standard InChI is InChI=1S/C27H33F3N6O3/c1-6-12-35-25(37)22-24(34(8-3)26(35)38)32-23(36(22)21(7-2)39-17(4)5)19-14-31-33(16-19)15-18-10-9-11-20(13-18)27(28,29)30/h9-11,13-14,16-17,21H,6-8,12,15H2,1-5H3. The summed E-state index contributed by atoms with van der Waals surface area (Å²) in [5, 5.41) is 4.36. The van der Waals surface area contributed by atoms with Gasteiger partial charge >= 0.3 is 11.9 Å². The average Bonchev–Trinajstić information content (AvgIpc) is 3.50. The van der Waals surface area contributed by atoms with E-state index in [4.69, 9.17) is 9.72 Å². The highest BCUT2D eigenvalue weighted by Gasteiger charge is 2.30. The van der Waals surface area contributed by atoms with Gasteiger partial charge in [-0.2, -0.15) is 18.3 Å². The molecule has 1 aromatic carbocycles. The number of aryl methyl sites for hydroxylation is 1. The minimum atomic E-state index is -4.44. The summed E-state index contributed by atoms with van der Waals surface area (Å²) in [5.74, 6) is 0.390. The SMILES string of the molecule is CCCn1c(=O)c2c(nc(-c3cnn(Cc4cccc(C(F)(F)F)c4)c3)n2C(CC)OC(C)C)n(CC)c1=O. The zero-order valence-electron chi connectivity index (χ0n) is 22.7. The van der Waals surface area contributed by atoms with Crippen LogP contribution in [0.15, 0.2) is 46.2 Å². The Morgan fingerprint density at radius 2 is 1.82 bits per heavy atom. The number of fused-ring (bicyclic) bond motifs is 1. The van der Waals surface area contributed by atoms with Crippen molar-refractivity contribution in [2.75, 3.05) is 0 Å². The molecule has 9 nitrogen and oxygen atoms in total. The third kappa shape index (κ3) is 5.56. The van der Waals surface area contributed by atoms with Gasteiger partial charge in [-0.25, -0.2) is 9.78 Å². The lowest BCUT2D eigenvalue weighted by molar-refractivity contribution is -0.137. The van der Waals surface area contributed by atoms with Crippen LogP contribution in [0.25, 0.3) is 22.6 Å². The van der Waals surface area contributed by atoms with Gasteiger partial charge < -0.3 is 4.74 Å². The lowest BCUT2D eigenvalue weighted by Gasteiger charge is -2.23. The van der Waals surface area contributed by atoms with Crippen molar-refractivity contribution in [1.82, 2.24) is 28.5 Å². The molecular formula is C27H33F3N6O3. The fourth-order valence-electron chi connectivity index (χ4n) is 4.70. The molecule has 210 valence electrons. The van der Waals surface area contributed by atoms with Crippen molar-refractivity contribution < 1.29 is 17.9 Å². The second-order valence-corrected chi connectivity index (χ2v) is 9.63. The van der Waals surface area contributed by atoms with Gasteiger partial charge in [0.05, 0.1) is 30.0 Å². The first kappa shape index (κ1) is 28.3. The number of rotatable bonds is 10. The van der Waals surface area contributed by atoms with Gasteiger partial charge in [-0.1, -0.05) is 26.0 Å². The van der Waals surface area contributed by atoms with Crippen LogP contribution in [0.4, 0.5) is 13.2 Å². The first-order valence-corrected chi connectivity index (χ1v) is 13.1. The quantitative estimate of drug-likeness (QED) is 0.278. The molecule has 39 heavy (non-hydrogen) atoms. The van der Waals surface area contributed by atoms with Crippen molar-refractivity contribution in [1.29, 1.82) is 0 Å². The van der Waals surface area contributed by atoms with Crippen LogP contribution in [0.3, 0.4) is 0 Å². The van der Waals surface area contributed by atoms with E-state index in [-0.39, 0.29) is 30.4 Å². The van der Waals surface area contributed by atoms with Crippen molar-refractivity contribution in [3.05, 3.63) is 68.6 Å². The number of alkyl halides is 3. The number of hydrogen-bond donors (Lipinski definition) is 0. The Balaban J connectivity index is 1.90. The first-order valence-electron chi connectivity index (χ1n) is 13.1. The fraction of sp³-hybridized carbons (Fsp3) is 0.481. The molecule has 0 fully saturated rings. The maximum Gasteiger partial charge on any atom is 0.416 e. The number of imidazole rings is 1. The zero-order valence-corrected chi connectivity index (χ0v) is 22.7. The van der Waals surface area contributed by atoms with E-state index in [1.54, 1.807) is 23.0 Å². The number of hydrogen-bond acceptors (Lipinski definition) is 5. The van der Waals surface area contributed by atoms with E-state index >= 15 is 0 Å². The van der Waals surface area contributed by atoms with Gasteiger partial charge in [0.15, 0.2) is 11.2 Å². The van der Waals surface area contributed by atoms with Crippen molar-refractivity contribution in [2.24, 2.45) is 0 Å². The van der Waals surface area contributed by atoms with Gasteiger partial charge in [0.1, 0.15) is 12.1 Å². The van der Waals surface area contributed by atoms with E-state index in [9.17, 15) is 22.8 Å². The molecule has 4 aromatic rings. The predicted molar refractivity (Wildman–Crippen MR) is 142 cm³/mol. The molecule has 0 spiro atoms. The van der Waals surface area contributed by atoms with Gasteiger partial charge in [0.25, 0.3) is 5.56 Å². The van der Waals surface area contributed by atoms with Crippen LogP contribution in [-0.4, -0.2) is 34.6 Å². The predicted octanol–water partition coefficient (Wildman–Crippen LogP) is 5.05. The Bertz CT molecular complexity index is 1580. The van der Waals surface area contributed by atoms with E-state index in [0.29, 0.717) is 36.3 Å². The van der Waals surface area contributed by atoms with Gasteiger partial charge in [-0.15, -0.1) is 0 Å². The molecule has 1 atom stereocenters. The highest BCUT2D eigenvalue weighted by atomic mass is 19.4. The van der Waals surface area contributed by atoms with Crippen molar-refractivity contribution in [2.45, 2.75) is 85.6 Å². The maximum absolute atomic E-state index is 13.7. The fourth-order valence-corrected chi connectivity index (χ4v) is 4.70. The van der Waals surface area contributed by atoms with Crippen LogP contribution in [-0.2, 0) is 30.5 Å². The summed E-state index contributed by atoms with van der Waals surface area (Å²) in [6.07, 6.45) is -0.811. The molecule has 0 bridgehead atoms. The molecular weight excluding hydrogens is 513 g/mol. The minimum Gasteiger partial charge on any atom is -0.355 e. The molecule has 0 saturated heterocycles. The number of nitrogens with zero attached hydrogens (tertiary/aromatic N) is 6. The second-order valence-electron chi connectivity index (χ2n) is 9.63. The molecule has 0 saturated carbocycles. The molecule has 0 aliphatic heterocycles. The molecule has 3 heterocycles. The Morgan fingerprint density at radius 1 is 1.08 bits per heavy atom.